The quantitative estimate of drug-likeness (QED) is 0.463. The molecule has 2 aromatic heterocycles. The van der Waals surface area contributed by atoms with Crippen LogP contribution >= 0.6 is 11.3 Å². The Morgan fingerprint density at radius 3 is 2.38 bits per heavy atom. The van der Waals surface area contributed by atoms with Crippen molar-refractivity contribution >= 4 is 16.3 Å². The lowest BCUT2D eigenvalue weighted by molar-refractivity contribution is 0.244. The van der Waals surface area contributed by atoms with Gasteiger partial charge in [-0.15, -0.1) is 0 Å². The topological polar surface area (TPSA) is 50.5 Å². The fourth-order valence-electron chi connectivity index (χ4n) is 3.21. The summed E-state index contributed by atoms with van der Waals surface area (Å²) >= 11 is 1.44. The largest absolute Gasteiger partial charge is 0.289 e. The fraction of sp³-hybridized carbons (Fsp3) is 0.227. The molecule has 0 bridgehead atoms. The monoisotopic (exact) mass is 408 g/mol. The van der Waals surface area contributed by atoms with Crippen LogP contribution in [0.5, 0.6) is 0 Å². The predicted molar refractivity (Wildman–Crippen MR) is 112 cm³/mol. The molecule has 0 N–H and O–H groups in total. The van der Waals surface area contributed by atoms with Crippen LogP contribution in [0.3, 0.4) is 0 Å². The highest BCUT2D eigenvalue weighted by Gasteiger charge is 2.13. The van der Waals surface area contributed by atoms with Crippen LogP contribution in [0.2, 0.25) is 0 Å². The zero-order valence-electron chi connectivity index (χ0n) is 16.1. The van der Waals surface area contributed by atoms with Crippen molar-refractivity contribution < 1.29 is 4.39 Å². The first-order valence-corrected chi connectivity index (χ1v) is 10.3. The molecule has 148 valence electrons. The van der Waals surface area contributed by atoms with Crippen molar-refractivity contribution in [3.8, 4) is 0 Å². The Bertz CT molecular complexity index is 1160. The SMILES string of the molecule is CCc1nn2c(=O)cc(CN(Cc3ccccc3)Cc3ccc(F)cc3)nc2s1. The number of nitrogens with zero attached hydrogens (tertiary/aromatic N) is 4. The molecule has 4 rings (SSSR count). The van der Waals surface area contributed by atoms with E-state index in [4.69, 9.17) is 0 Å². The third-order valence-corrected chi connectivity index (χ3v) is 5.65. The molecule has 2 aromatic carbocycles. The molecule has 0 amide bonds. The van der Waals surface area contributed by atoms with Gasteiger partial charge in [-0.2, -0.15) is 9.61 Å². The van der Waals surface area contributed by atoms with Crippen molar-refractivity contribution in [2.75, 3.05) is 0 Å². The number of rotatable bonds is 7. The summed E-state index contributed by atoms with van der Waals surface area (Å²) in [5.74, 6) is -0.250. The van der Waals surface area contributed by atoms with Crippen molar-refractivity contribution in [1.29, 1.82) is 0 Å². The number of halogens is 1. The minimum Gasteiger partial charge on any atom is -0.289 e. The lowest BCUT2D eigenvalue weighted by Crippen LogP contribution is -2.25. The Hall–Kier alpha value is -2.90. The summed E-state index contributed by atoms with van der Waals surface area (Å²) in [6.07, 6.45) is 0.771. The molecule has 0 radical (unpaired) electrons. The second-order valence-corrected chi connectivity index (χ2v) is 7.93. The highest BCUT2D eigenvalue weighted by atomic mass is 32.1. The normalized spacial score (nSPS) is 11.4. The molecule has 0 fully saturated rings. The summed E-state index contributed by atoms with van der Waals surface area (Å²) in [7, 11) is 0. The molecule has 0 atom stereocenters. The molecule has 29 heavy (non-hydrogen) atoms. The summed E-state index contributed by atoms with van der Waals surface area (Å²) in [6.45, 7) is 3.84. The zero-order chi connectivity index (χ0) is 20.2. The summed E-state index contributed by atoms with van der Waals surface area (Å²) < 4.78 is 14.6. The predicted octanol–water partition coefficient (Wildman–Crippen LogP) is 4.05. The molecule has 7 heteroatoms. The summed E-state index contributed by atoms with van der Waals surface area (Å²) in [5, 5.41) is 5.19. The maximum absolute atomic E-state index is 13.3. The van der Waals surface area contributed by atoms with Crippen molar-refractivity contribution in [1.82, 2.24) is 19.5 Å². The molecule has 5 nitrogen and oxygen atoms in total. The van der Waals surface area contributed by atoms with Crippen LogP contribution in [0.1, 0.15) is 28.8 Å². The average molecular weight is 409 g/mol. The van der Waals surface area contributed by atoms with E-state index in [2.05, 4.69) is 27.1 Å². The summed E-state index contributed by atoms with van der Waals surface area (Å²) in [4.78, 5) is 19.9. The van der Waals surface area contributed by atoms with E-state index in [-0.39, 0.29) is 11.4 Å². The molecule has 0 saturated heterocycles. The first-order valence-electron chi connectivity index (χ1n) is 9.50. The Morgan fingerprint density at radius 2 is 1.69 bits per heavy atom. The van der Waals surface area contributed by atoms with Crippen molar-refractivity contribution in [3.63, 3.8) is 0 Å². The van der Waals surface area contributed by atoms with Crippen molar-refractivity contribution in [2.24, 2.45) is 0 Å². The number of fused-ring (bicyclic) bond motifs is 1. The van der Waals surface area contributed by atoms with Crippen molar-refractivity contribution in [3.05, 3.63) is 98.7 Å². The molecular weight excluding hydrogens is 387 g/mol. The van der Waals surface area contributed by atoms with Gasteiger partial charge >= 0.3 is 0 Å². The fourth-order valence-corrected chi connectivity index (χ4v) is 4.06. The van der Waals surface area contributed by atoms with E-state index in [9.17, 15) is 9.18 Å². The van der Waals surface area contributed by atoms with Crippen LogP contribution in [0.25, 0.3) is 4.96 Å². The van der Waals surface area contributed by atoms with Gasteiger partial charge in [0.1, 0.15) is 10.8 Å². The molecule has 0 aliphatic carbocycles. The zero-order valence-corrected chi connectivity index (χ0v) is 16.9. The summed E-state index contributed by atoms with van der Waals surface area (Å²) in [5.41, 5.74) is 2.71. The Morgan fingerprint density at radius 1 is 1.00 bits per heavy atom. The van der Waals surface area contributed by atoms with Crippen LogP contribution in [0, 0.1) is 5.82 Å². The van der Waals surface area contributed by atoms with E-state index in [1.165, 1.54) is 33.5 Å². The van der Waals surface area contributed by atoms with Crippen molar-refractivity contribution in [2.45, 2.75) is 33.0 Å². The molecule has 0 saturated carbocycles. The highest BCUT2D eigenvalue weighted by molar-refractivity contribution is 7.16. The molecule has 0 aliphatic heterocycles. The lowest BCUT2D eigenvalue weighted by atomic mass is 10.1. The first-order chi connectivity index (χ1) is 14.1. The minimum absolute atomic E-state index is 0.164. The third kappa shape index (κ3) is 4.75. The van der Waals surface area contributed by atoms with E-state index in [1.807, 2.05) is 25.1 Å². The number of aryl methyl sites for hydroxylation is 1. The van der Waals surface area contributed by atoms with E-state index >= 15 is 0 Å². The van der Waals surface area contributed by atoms with Gasteiger partial charge in [0.25, 0.3) is 5.56 Å². The maximum Gasteiger partial charge on any atom is 0.275 e. The number of aromatic nitrogens is 3. The average Bonchev–Trinajstić information content (AvgIpc) is 3.14. The van der Waals surface area contributed by atoms with Crippen LogP contribution in [0.15, 0.2) is 65.5 Å². The lowest BCUT2D eigenvalue weighted by Gasteiger charge is -2.22. The van der Waals surface area contributed by atoms with Gasteiger partial charge in [-0.05, 0) is 29.7 Å². The number of hydrogen-bond acceptors (Lipinski definition) is 5. The molecule has 4 aromatic rings. The van der Waals surface area contributed by atoms with Crippen LogP contribution < -0.4 is 5.56 Å². The first kappa shape index (κ1) is 19.4. The number of benzene rings is 2. The molecular formula is C22H21FN4OS. The molecule has 0 unspecified atom stereocenters. The second-order valence-electron chi connectivity index (χ2n) is 6.89. The van der Waals surface area contributed by atoms with Gasteiger partial charge in [0.2, 0.25) is 4.96 Å². The van der Waals surface area contributed by atoms with Gasteiger partial charge in [-0.1, -0.05) is 60.7 Å². The smallest absolute Gasteiger partial charge is 0.275 e. The van der Waals surface area contributed by atoms with Gasteiger partial charge in [0, 0.05) is 25.7 Å². The molecule has 0 aliphatic rings. The summed E-state index contributed by atoms with van der Waals surface area (Å²) in [6, 6.07) is 18.2. The van der Waals surface area contributed by atoms with E-state index in [0.717, 1.165) is 17.0 Å². The molecule has 2 heterocycles. The standard InChI is InChI=1S/C22H21FN4OS/c1-2-20-25-27-21(28)12-19(24-22(27)29-20)15-26(13-16-6-4-3-5-7-16)14-17-8-10-18(23)11-9-17/h3-12H,2,13-15H2,1H3. The van der Waals surface area contributed by atoms with Crippen LogP contribution in [-0.2, 0) is 26.1 Å². The van der Waals surface area contributed by atoms with E-state index < -0.39 is 0 Å². The Labute approximate surface area is 172 Å². The Kier molecular flexibility index (Phi) is 5.78. The Balaban J connectivity index is 1.62. The van der Waals surface area contributed by atoms with E-state index in [0.29, 0.717) is 30.3 Å². The van der Waals surface area contributed by atoms with Gasteiger partial charge in [-0.3, -0.25) is 9.69 Å². The third-order valence-electron chi connectivity index (χ3n) is 4.60. The van der Waals surface area contributed by atoms with Crippen LogP contribution in [0.4, 0.5) is 4.39 Å². The maximum atomic E-state index is 13.3. The van der Waals surface area contributed by atoms with Gasteiger partial charge in [0.15, 0.2) is 0 Å². The van der Waals surface area contributed by atoms with Gasteiger partial charge < -0.3 is 0 Å². The van der Waals surface area contributed by atoms with Gasteiger partial charge in [-0.25, -0.2) is 9.37 Å². The highest BCUT2D eigenvalue weighted by Crippen LogP contribution is 2.16. The minimum atomic E-state index is -0.250. The van der Waals surface area contributed by atoms with Crippen LogP contribution in [-0.4, -0.2) is 19.5 Å². The van der Waals surface area contributed by atoms with E-state index in [1.54, 1.807) is 18.2 Å². The number of hydrogen-bond donors (Lipinski definition) is 0. The second kappa shape index (κ2) is 8.63. The van der Waals surface area contributed by atoms with Gasteiger partial charge in [0.05, 0.1) is 5.69 Å². The molecule has 0 spiro atoms.